The maximum absolute atomic E-state index is 12.1. The molecule has 0 aliphatic heterocycles. The van der Waals surface area contributed by atoms with E-state index in [0.717, 1.165) is 28.4 Å². The van der Waals surface area contributed by atoms with Gasteiger partial charge in [-0.2, -0.15) is 0 Å². The first-order chi connectivity index (χ1) is 10.8. The Hall–Kier alpha value is -1.36. The quantitative estimate of drug-likeness (QED) is 0.649. The summed E-state index contributed by atoms with van der Waals surface area (Å²) in [6, 6.07) is 1.58. The summed E-state index contributed by atoms with van der Waals surface area (Å²) in [6.07, 6.45) is 3.27. The second kappa shape index (κ2) is 9.06. The van der Waals surface area contributed by atoms with E-state index in [-0.39, 0.29) is 17.7 Å². The molecule has 0 heterocycles. The smallest absolute Gasteiger partial charge is 0.339 e. The Labute approximate surface area is 146 Å². The maximum Gasteiger partial charge on any atom is 0.339 e. The number of rotatable bonds is 8. The van der Waals surface area contributed by atoms with Gasteiger partial charge in [0.2, 0.25) is 0 Å². The van der Waals surface area contributed by atoms with Crippen molar-refractivity contribution < 1.29 is 19.4 Å². The Balaban J connectivity index is 3.41. The summed E-state index contributed by atoms with van der Waals surface area (Å²) in [4.78, 5) is 24.0. The first-order valence-electron chi connectivity index (χ1n) is 8.08. The molecule has 0 amide bonds. The lowest BCUT2D eigenvalue weighted by Crippen LogP contribution is -2.16. The Morgan fingerprint density at radius 3 is 2.39 bits per heavy atom. The molecule has 128 valence electrons. The highest BCUT2D eigenvalue weighted by molar-refractivity contribution is 9.10. The van der Waals surface area contributed by atoms with Crippen LogP contribution in [0.25, 0.3) is 0 Å². The first kappa shape index (κ1) is 19.7. The molecule has 1 aromatic carbocycles. The lowest BCUT2D eigenvalue weighted by Gasteiger charge is -2.17. The second-order valence-electron chi connectivity index (χ2n) is 5.90. The van der Waals surface area contributed by atoms with Gasteiger partial charge in [-0.3, -0.25) is 0 Å². The minimum Gasteiger partial charge on any atom is -0.478 e. The van der Waals surface area contributed by atoms with Gasteiger partial charge in [-0.15, -0.1) is 0 Å². The van der Waals surface area contributed by atoms with E-state index in [1.54, 1.807) is 13.0 Å². The highest BCUT2D eigenvalue weighted by Crippen LogP contribution is 2.30. The van der Waals surface area contributed by atoms with Crippen LogP contribution in [-0.2, 0) is 17.6 Å². The maximum atomic E-state index is 12.1. The number of hydrogen-bond acceptors (Lipinski definition) is 3. The third-order valence-corrected chi connectivity index (χ3v) is 4.47. The van der Waals surface area contributed by atoms with Gasteiger partial charge in [-0.1, -0.05) is 43.1 Å². The monoisotopic (exact) mass is 384 g/mol. The molecular formula is C18H25BrO4. The van der Waals surface area contributed by atoms with Crippen LogP contribution < -0.4 is 0 Å². The number of carbonyl (C=O) groups excluding carboxylic acids is 1. The van der Waals surface area contributed by atoms with Crippen molar-refractivity contribution in [1.29, 1.82) is 0 Å². The number of esters is 1. The van der Waals surface area contributed by atoms with Crippen LogP contribution in [0.15, 0.2) is 10.5 Å². The van der Waals surface area contributed by atoms with Crippen LogP contribution in [-0.4, -0.2) is 23.7 Å². The van der Waals surface area contributed by atoms with E-state index >= 15 is 0 Å². The van der Waals surface area contributed by atoms with Crippen molar-refractivity contribution in [3.05, 3.63) is 32.8 Å². The van der Waals surface area contributed by atoms with Gasteiger partial charge in [0, 0.05) is 4.47 Å². The van der Waals surface area contributed by atoms with Crippen LogP contribution in [0.3, 0.4) is 0 Å². The molecule has 1 rings (SSSR count). The second-order valence-corrected chi connectivity index (χ2v) is 6.76. The van der Waals surface area contributed by atoms with Gasteiger partial charge in [-0.25, -0.2) is 9.59 Å². The van der Waals surface area contributed by atoms with Crippen molar-refractivity contribution >= 4 is 27.9 Å². The standard InChI is InChI=1S/C18H25BrO4/c1-5-12-13(9-7-8-11(3)4)16(17(20)21)14(10-15(12)19)18(22)23-6-2/h10-11H,5-9H2,1-4H3,(H,20,21). The molecule has 1 aromatic rings. The predicted molar refractivity (Wildman–Crippen MR) is 94.2 cm³/mol. The third-order valence-electron chi connectivity index (χ3n) is 3.77. The van der Waals surface area contributed by atoms with Crippen molar-refractivity contribution in [2.75, 3.05) is 6.61 Å². The summed E-state index contributed by atoms with van der Waals surface area (Å²) >= 11 is 3.48. The molecule has 0 saturated carbocycles. The van der Waals surface area contributed by atoms with Crippen molar-refractivity contribution in [3.8, 4) is 0 Å². The first-order valence-corrected chi connectivity index (χ1v) is 8.87. The molecule has 5 heteroatoms. The van der Waals surface area contributed by atoms with Gasteiger partial charge >= 0.3 is 11.9 Å². The predicted octanol–water partition coefficient (Wildman–Crippen LogP) is 4.87. The normalized spacial score (nSPS) is 10.9. The Morgan fingerprint density at radius 2 is 1.91 bits per heavy atom. The molecule has 0 bridgehead atoms. The largest absolute Gasteiger partial charge is 0.478 e. The number of aromatic carboxylic acids is 1. The summed E-state index contributed by atoms with van der Waals surface area (Å²) in [5, 5.41) is 9.66. The van der Waals surface area contributed by atoms with E-state index in [4.69, 9.17) is 4.74 Å². The zero-order valence-electron chi connectivity index (χ0n) is 14.2. The van der Waals surface area contributed by atoms with Crippen LogP contribution in [0.1, 0.15) is 72.4 Å². The lowest BCUT2D eigenvalue weighted by molar-refractivity contribution is 0.0514. The molecule has 0 aliphatic carbocycles. The van der Waals surface area contributed by atoms with E-state index in [0.29, 0.717) is 18.8 Å². The molecular weight excluding hydrogens is 360 g/mol. The molecule has 4 nitrogen and oxygen atoms in total. The van der Waals surface area contributed by atoms with Crippen molar-refractivity contribution in [1.82, 2.24) is 0 Å². The van der Waals surface area contributed by atoms with Gasteiger partial charge in [0.1, 0.15) is 0 Å². The molecule has 1 N–H and O–H groups in total. The van der Waals surface area contributed by atoms with Crippen LogP contribution in [0.2, 0.25) is 0 Å². The molecule has 0 saturated heterocycles. The van der Waals surface area contributed by atoms with Crippen LogP contribution >= 0.6 is 15.9 Å². The summed E-state index contributed by atoms with van der Waals surface area (Å²) < 4.78 is 5.79. The van der Waals surface area contributed by atoms with Gasteiger partial charge in [0.05, 0.1) is 17.7 Å². The Bertz CT molecular complexity index is 579. The van der Waals surface area contributed by atoms with Gasteiger partial charge in [0.15, 0.2) is 0 Å². The van der Waals surface area contributed by atoms with Crippen LogP contribution in [0.4, 0.5) is 0 Å². The van der Waals surface area contributed by atoms with Crippen molar-refractivity contribution in [3.63, 3.8) is 0 Å². The zero-order chi connectivity index (χ0) is 17.6. The van der Waals surface area contributed by atoms with E-state index in [1.165, 1.54) is 0 Å². The molecule has 23 heavy (non-hydrogen) atoms. The molecule has 0 atom stereocenters. The number of benzene rings is 1. The molecule has 0 aromatic heterocycles. The Morgan fingerprint density at radius 1 is 1.26 bits per heavy atom. The average Bonchev–Trinajstić information content (AvgIpc) is 2.46. The minimum absolute atomic E-state index is 0.0901. The topological polar surface area (TPSA) is 63.6 Å². The highest BCUT2D eigenvalue weighted by atomic mass is 79.9. The molecule has 0 fully saturated rings. The van der Waals surface area contributed by atoms with Crippen LogP contribution in [0.5, 0.6) is 0 Å². The van der Waals surface area contributed by atoms with Gasteiger partial charge in [0.25, 0.3) is 0 Å². The van der Waals surface area contributed by atoms with Crippen LogP contribution in [0, 0.1) is 5.92 Å². The number of ether oxygens (including phenoxy) is 1. The van der Waals surface area contributed by atoms with E-state index in [1.807, 2.05) is 6.92 Å². The van der Waals surface area contributed by atoms with E-state index in [2.05, 4.69) is 29.8 Å². The highest BCUT2D eigenvalue weighted by Gasteiger charge is 2.25. The van der Waals surface area contributed by atoms with E-state index in [9.17, 15) is 14.7 Å². The summed E-state index contributed by atoms with van der Waals surface area (Å²) in [7, 11) is 0. The summed E-state index contributed by atoms with van der Waals surface area (Å²) in [5.41, 5.74) is 1.92. The fourth-order valence-corrected chi connectivity index (χ4v) is 3.45. The Kier molecular flexibility index (Phi) is 7.76. The van der Waals surface area contributed by atoms with E-state index < -0.39 is 11.9 Å². The zero-order valence-corrected chi connectivity index (χ0v) is 15.8. The number of halogens is 1. The van der Waals surface area contributed by atoms with Crippen molar-refractivity contribution in [2.45, 2.75) is 53.4 Å². The lowest BCUT2D eigenvalue weighted by atomic mass is 9.90. The minimum atomic E-state index is -1.07. The number of carboxylic acid groups (broad SMARTS) is 1. The number of carbonyl (C=O) groups is 2. The fraction of sp³-hybridized carbons (Fsp3) is 0.556. The summed E-state index contributed by atoms with van der Waals surface area (Å²) in [5.74, 6) is -1.10. The SMILES string of the molecule is CCOC(=O)c1cc(Br)c(CC)c(CCCC(C)C)c1C(=O)O. The molecule has 0 unspecified atom stereocenters. The molecule has 0 radical (unpaired) electrons. The van der Waals surface area contributed by atoms with Gasteiger partial charge < -0.3 is 9.84 Å². The molecule has 0 spiro atoms. The molecule has 0 aliphatic rings. The third kappa shape index (κ3) is 5.06. The van der Waals surface area contributed by atoms with Crippen molar-refractivity contribution in [2.24, 2.45) is 5.92 Å². The summed E-state index contributed by atoms with van der Waals surface area (Å²) in [6.45, 7) is 8.19. The fourth-order valence-electron chi connectivity index (χ4n) is 2.70. The number of hydrogen-bond donors (Lipinski definition) is 1. The van der Waals surface area contributed by atoms with Gasteiger partial charge in [-0.05, 0) is 49.3 Å². The average molecular weight is 385 g/mol. The number of carboxylic acids is 1.